The summed E-state index contributed by atoms with van der Waals surface area (Å²) in [5.41, 5.74) is -2.04. The van der Waals surface area contributed by atoms with Crippen molar-refractivity contribution in [3.8, 4) is 0 Å². The van der Waals surface area contributed by atoms with Gasteiger partial charge in [-0.05, 0) is 31.0 Å². The van der Waals surface area contributed by atoms with Crippen LogP contribution in [-0.2, 0) is 32.1 Å². The Balaban J connectivity index is 1.22. The standard InChI is InChI=1S/C27H26F5N5O4S2/c1-43(33,40)21-6-2-4-16(24(28)29)23(21)20-12-18(35-41-20)19-14-42-25(34-19)15-7-10-36(11-8-15)22(38)13-37-9-3-5-17(26(37)39)27(30,31)32/h2-6,9,14-15,20,24,33H,7-8,10-13H2,1H3. The minimum Gasteiger partial charge on any atom is -0.387 e. The topological polar surface area (TPSA) is 118 Å². The number of oxime groups is 1. The number of carbonyl (C=O) groups is 1. The molecule has 3 aromatic rings. The van der Waals surface area contributed by atoms with Gasteiger partial charge in [-0.1, -0.05) is 17.3 Å². The van der Waals surface area contributed by atoms with Crippen molar-refractivity contribution in [3.63, 3.8) is 0 Å². The van der Waals surface area contributed by atoms with Gasteiger partial charge in [-0.2, -0.15) is 13.2 Å². The maximum Gasteiger partial charge on any atom is 0.421 e. The van der Waals surface area contributed by atoms with E-state index >= 15 is 0 Å². The molecule has 43 heavy (non-hydrogen) atoms. The van der Waals surface area contributed by atoms with Crippen LogP contribution in [0.3, 0.4) is 0 Å². The third kappa shape index (κ3) is 6.49. The maximum absolute atomic E-state index is 13.8. The smallest absolute Gasteiger partial charge is 0.387 e. The van der Waals surface area contributed by atoms with Gasteiger partial charge in [0.05, 0.1) is 25.3 Å². The number of piperidine rings is 1. The zero-order valence-electron chi connectivity index (χ0n) is 22.6. The van der Waals surface area contributed by atoms with Gasteiger partial charge in [-0.15, -0.1) is 11.3 Å². The van der Waals surface area contributed by atoms with Crippen LogP contribution < -0.4 is 5.56 Å². The molecule has 1 saturated heterocycles. The second-order valence-corrected chi connectivity index (χ2v) is 13.3. The van der Waals surface area contributed by atoms with Crippen LogP contribution in [0.1, 0.15) is 65.1 Å². The van der Waals surface area contributed by atoms with Crippen LogP contribution >= 0.6 is 11.3 Å². The minimum atomic E-state index is -4.81. The van der Waals surface area contributed by atoms with Crippen molar-refractivity contribution in [1.82, 2.24) is 14.5 Å². The first-order chi connectivity index (χ1) is 20.2. The molecule has 2 unspecified atom stereocenters. The monoisotopic (exact) mass is 643 g/mol. The first kappa shape index (κ1) is 30.8. The van der Waals surface area contributed by atoms with E-state index in [0.29, 0.717) is 43.4 Å². The fourth-order valence-electron chi connectivity index (χ4n) is 5.23. The Kier molecular flexibility index (Phi) is 8.44. The van der Waals surface area contributed by atoms with Crippen LogP contribution in [0.5, 0.6) is 0 Å². The quantitative estimate of drug-likeness (QED) is 0.338. The van der Waals surface area contributed by atoms with Crippen LogP contribution in [0.15, 0.2) is 56.8 Å². The van der Waals surface area contributed by atoms with Gasteiger partial charge in [0.1, 0.15) is 17.8 Å². The van der Waals surface area contributed by atoms with E-state index in [1.807, 2.05) is 0 Å². The number of pyridine rings is 1. The molecule has 9 nitrogen and oxygen atoms in total. The number of amides is 1. The van der Waals surface area contributed by atoms with E-state index in [9.17, 15) is 35.8 Å². The van der Waals surface area contributed by atoms with Gasteiger partial charge in [0.25, 0.3) is 12.0 Å². The maximum atomic E-state index is 13.8. The van der Waals surface area contributed by atoms with Crippen molar-refractivity contribution in [2.24, 2.45) is 5.16 Å². The molecule has 0 spiro atoms. The molecule has 1 amide bonds. The highest BCUT2D eigenvalue weighted by atomic mass is 32.2. The largest absolute Gasteiger partial charge is 0.421 e. The van der Waals surface area contributed by atoms with E-state index < -0.39 is 52.0 Å². The number of halogens is 5. The van der Waals surface area contributed by atoms with E-state index in [-0.39, 0.29) is 28.4 Å². The molecule has 16 heteroatoms. The van der Waals surface area contributed by atoms with Crippen molar-refractivity contribution in [2.45, 2.75) is 55.3 Å². The highest BCUT2D eigenvalue weighted by Crippen LogP contribution is 2.40. The van der Waals surface area contributed by atoms with E-state index in [2.05, 4.69) is 10.1 Å². The SMILES string of the molecule is CS(=N)(=O)c1cccc(C(F)F)c1C1CC(c2csc(C3CCN(C(=O)Cn4cccc(C(F)(F)F)c4=O)CC3)n2)=NO1. The molecule has 1 fully saturated rings. The highest BCUT2D eigenvalue weighted by molar-refractivity contribution is 7.91. The Morgan fingerprint density at radius 2 is 1.93 bits per heavy atom. The third-order valence-corrected chi connectivity index (χ3v) is 9.59. The zero-order valence-corrected chi connectivity index (χ0v) is 24.3. The molecule has 0 aliphatic carbocycles. The predicted molar refractivity (Wildman–Crippen MR) is 148 cm³/mol. The van der Waals surface area contributed by atoms with Crippen LogP contribution in [0, 0.1) is 4.78 Å². The molecule has 0 radical (unpaired) electrons. The van der Waals surface area contributed by atoms with Gasteiger partial charge in [-0.3, -0.25) is 9.59 Å². The summed E-state index contributed by atoms with van der Waals surface area (Å²) in [7, 11) is -3.33. The Hall–Kier alpha value is -3.66. The predicted octanol–water partition coefficient (Wildman–Crippen LogP) is 5.57. The first-order valence-corrected chi connectivity index (χ1v) is 16.0. The summed E-state index contributed by atoms with van der Waals surface area (Å²) >= 11 is 1.37. The number of aromatic nitrogens is 2. The summed E-state index contributed by atoms with van der Waals surface area (Å²) in [5.74, 6) is -0.465. The summed E-state index contributed by atoms with van der Waals surface area (Å²) in [5, 5.41) is 6.61. The number of likely N-dealkylation sites (tertiary alicyclic amines) is 1. The number of thiazole rings is 1. The Morgan fingerprint density at radius 3 is 2.58 bits per heavy atom. The Labute approximate surface area is 247 Å². The molecule has 4 heterocycles. The molecule has 230 valence electrons. The lowest BCUT2D eigenvalue weighted by atomic mass is 9.97. The molecular formula is C27H26F5N5O4S2. The molecule has 2 aromatic heterocycles. The summed E-state index contributed by atoms with van der Waals surface area (Å²) in [6.45, 7) is 0.156. The van der Waals surface area contributed by atoms with Crippen molar-refractivity contribution in [1.29, 1.82) is 4.78 Å². The van der Waals surface area contributed by atoms with Gasteiger partial charge in [0.15, 0.2) is 6.10 Å². The average Bonchev–Trinajstić information content (AvgIpc) is 3.63. The first-order valence-electron chi connectivity index (χ1n) is 13.1. The number of nitrogens with zero attached hydrogens (tertiary/aromatic N) is 4. The van der Waals surface area contributed by atoms with Gasteiger partial charge in [0.2, 0.25) is 5.91 Å². The molecule has 0 bridgehead atoms. The molecule has 2 atom stereocenters. The summed E-state index contributed by atoms with van der Waals surface area (Å²) in [6, 6.07) is 5.70. The molecule has 0 saturated carbocycles. The Bertz CT molecular complexity index is 1730. The second kappa shape index (κ2) is 11.8. The van der Waals surface area contributed by atoms with Crippen molar-refractivity contribution in [2.75, 3.05) is 19.3 Å². The molecule has 2 aliphatic heterocycles. The van der Waals surface area contributed by atoms with Gasteiger partial charge in [-0.25, -0.2) is 22.8 Å². The van der Waals surface area contributed by atoms with E-state index in [1.165, 1.54) is 34.4 Å². The van der Waals surface area contributed by atoms with E-state index in [0.717, 1.165) is 28.1 Å². The molecule has 1 N–H and O–H groups in total. The zero-order chi connectivity index (χ0) is 31.1. The third-order valence-electron chi connectivity index (χ3n) is 7.39. The summed E-state index contributed by atoms with van der Waals surface area (Å²) < 4.78 is 88.0. The van der Waals surface area contributed by atoms with Crippen molar-refractivity contribution in [3.05, 3.63) is 79.7 Å². The van der Waals surface area contributed by atoms with Crippen LogP contribution in [0.4, 0.5) is 22.0 Å². The normalized spacial score (nSPS) is 19.3. The minimum absolute atomic E-state index is 0.00126. The fraction of sp³-hybridized carbons (Fsp3) is 0.407. The molecular weight excluding hydrogens is 617 g/mol. The number of alkyl halides is 5. The number of hydrogen-bond donors (Lipinski definition) is 1. The molecule has 2 aliphatic rings. The molecule has 1 aromatic carbocycles. The lowest BCUT2D eigenvalue weighted by Crippen LogP contribution is -2.41. The summed E-state index contributed by atoms with van der Waals surface area (Å²) in [4.78, 5) is 36.6. The Morgan fingerprint density at radius 1 is 1.21 bits per heavy atom. The number of rotatable bonds is 7. The van der Waals surface area contributed by atoms with Gasteiger partial charge in [0, 0.05) is 54.4 Å². The lowest BCUT2D eigenvalue weighted by molar-refractivity contribution is -0.139. The number of benzene rings is 1. The van der Waals surface area contributed by atoms with E-state index in [4.69, 9.17) is 9.62 Å². The average molecular weight is 644 g/mol. The van der Waals surface area contributed by atoms with Crippen LogP contribution in [-0.4, -0.2) is 49.6 Å². The summed E-state index contributed by atoms with van der Waals surface area (Å²) in [6.07, 6.45) is -5.14. The van der Waals surface area contributed by atoms with E-state index in [1.54, 1.807) is 5.38 Å². The number of carbonyl (C=O) groups excluding carboxylic acids is 1. The fourth-order valence-corrected chi connectivity index (χ4v) is 7.23. The van der Waals surface area contributed by atoms with Gasteiger partial charge < -0.3 is 14.3 Å². The highest BCUT2D eigenvalue weighted by Gasteiger charge is 2.36. The van der Waals surface area contributed by atoms with Crippen LogP contribution in [0.25, 0.3) is 0 Å². The van der Waals surface area contributed by atoms with Gasteiger partial charge >= 0.3 is 6.18 Å². The van der Waals surface area contributed by atoms with Crippen LogP contribution in [0.2, 0.25) is 0 Å². The second-order valence-electron chi connectivity index (χ2n) is 10.3. The lowest BCUT2D eigenvalue weighted by Gasteiger charge is -2.31. The molecule has 5 rings (SSSR count). The van der Waals surface area contributed by atoms with Crippen molar-refractivity contribution >= 4 is 32.7 Å². The van der Waals surface area contributed by atoms with Crippen molar-refractivity contribution < 1.29 is 35.8 Å². The number of nitrogens with one attached hydrogen (secondary N) is 1. The number of hydrogen-bond acceptors (Lipinski definition) is 8.